The Morgan fingerprint density at radius 3 is 2.76 bits per heavy atom. The molecule has 1 saturated heterocycles. The van der Waals surface area contributed by atoms with Gasteiger partial charge in [0.15, 0.2) is 0 Å². The molecule has 1 aliphatic rings. The lowest BCUT2D eigenvalue weighted by atomic mass is 9.98. The highest BCUT2D eigenvalue weighted by Crippen LogP contribution is 2.12. The summed E-state index contributed by atoms with van der Waals surface area (Å²) in [5.41, 5.74) is -0.768. The third-order valence-electron chi connectivity index (χ3n) is 2.61. The van der Waals surface area contributed by atoms with Gasteiger partial charge in [0.05, 0.1) is 12.2 Å². The molecule has 0 bridgehead atoms. The van der Waals surface area contributed by atoms with Gasteiger partial charge in [-0.25, -0.2) is 9.18 Å². The molecule has 0 saturated carbocycles. The van der Waals surface area contributed by atoms with Gasteiger partial charge >= 0.3 is 6.03 Å². The number of β-amino-alcohol motifs (C(OH)–C–C–N with tert-alkyl or cyclic N) is 1. The Hall–Kier alpha value is -1.66. The number of nitrogens with one attached hydrogen (secondary N) is 3. The Balaban J connectivity index is 1.83. The fourth-order valence-corrected chi connectivity index (χ4v) is 1.51. The first-order valence-corrected chi connectivity index (χ1v) is 5.32. The Morgan fingerprint density at radius 1 is 1.47 bits per heavy atom. The van der Waals surface area contributed by atoms with Crippen molar-refractivity contribution in [1.29, 1.82) is 0 Å². The van der Waals surface area contributed by atoms with Crippen LogP contribution in [0.1, 0.15) is 0 Å². The molecule has 0 spiro atoms. The molecule has 0 unspecified atom stereocenters. The van der Waals surface area contributed by atoms with E-state index in [2.05, 4.69) is 16.0 Å². The molecule has 0 radical (unpaired) electrons. The molecular weight excluding hydrogens is 225 g/mol. The topological polar surface area (TPSA) is 73.4 Å². The molecular formula is C11H14FN3O2. The van der Waals surface area contributed by atoms with Crippen LogP contribution >= 0.6 is 0 Å². The van der Waals surface area contributed by atoms with Crippen molar-refractivity contribution in [2.75, 3.05) is 25.0 Å². The van der Waals surface area contributed by atoms with E-state index in [1.807, 2.05) is 0 Å². The summed E-state index contributed by atoms with van der Waals surface area (Å²) in [6.07, 6.45) is 0. The van der Waals surface area contributed by atoms with Crippen molar-refractivity contribution >= 4 is 11.7 Å². The van der Waals surface area contributed by atoms with Gasteiger partial charge in [-0.15, -0.1) is 0 Å². The number of anilines is 1. The summed E-state index contributed by atoms with van der Waals surface area (Å²) in [6.45, 7) is 1.04. The summed E-state index contributed by atoms with van der Waals surface area (Å²) in [5, 5.41) is 17.5. The minimum absolute atomic E-state index is 0.115. The molecule has 2 amide bonds. The van der Waals surface area contributed by atoms with Crippen LogP contribution in [0.2, 0.25) is 0 Å². The molecule has 1 aromatic carbocycles. The molecule has 0 atom stereocenters. The number of amides is 2. The van der Waals surface area contributed by atoms with Gasteiger partial charge in [0, 0.05) is 13.1 Å². The van der Waals surface area contributed by atoms with Crippen molar-refractivity contribution in [3.63, 3.8) is 0 Å². The first-order chi connectivity index (χ1) is 8.09. The SMILES string of the molecule is O=C(NCC1(O)CNC1)Nc1ccccc1F. The molecule has 1 aromatic rings. The fourth-order valence-electron chi connectivity index (χ4n) is 1.51. The van der Waals surface area contributed by atoms with Gasteiger partial charge in [0.2, 0.25) is 0 Å². The number of benzene rings is 1. The minimum Gasteiger partial charge on any atom is -0.385 e. The highest BCUT2D eigenvalue weighted by atomic mass is 19.1. The Morgan fingerprint density at radius 2 is 2.18 bits per heavy atom. The third-order valence-corrected chi connectivity index (χ3v) is 2.61. The number of aliphatic hydroxyl groups is 1. The molecule has 0 aliphatic carbocycles. The number of carbonyl (C=O) groups excluding carboxylic acids is 1. The summed E-state index contributed by atoms with van der Waals surface area (Å²) in [6, 6.07) is 5.37. The molecule has 2 rings (SSSR count). The van der Waals surface area contributed by atoms with Crippen LogP contribution in [0.5, 0.6) is 0 Å². The van der Waals surface area contributed by atoms with Gasteiger partial charge in [0.25, 0.3) is 0 Å². The quantitative estimate of drug-likeness (QED) is 0.612. The second-order valence-electron chi connectivity index (χ2n) is 4.12. The van der Waals surface area contributed by atoms with Crippen LogP contribution in [0, 0.1) is 5.82 Å². The van der Waals surface area contributed by atoms with Crippen molar-refractivity contribution in [3.8, 4) is 0 Å². The van der Waals surface area contributed by atoms with Crippen LogP contribution in [0.15, 0.2) is 24.3 Å². The molecule has 4 N–H and O–H groups in total. The molecule has 1 aliphatic heterocycles. The number of urea groups is 1. The summed E-state index contributed by atoms with van der Waals surface area (Å²) < 4.78 is 13.2. The van der Waals surface area contributed by atoms with E-state index in [-0.39, 0.29) is 12.2 Å². The van der Waals surface area contributed by atoms with Crippen LogP contribution in [0.4, 0.5) is 14.9 Å². The van der Waals surface area contributed by atoms with Crippen molar-refractivity contribution in [2.45, 2.75) is 5.60 Å². The summed E-state index contributed by atoms with van der Waals surface area (Å²) >= 11 is 0. The third kappa shape index (κ3) is 2.92. The van der Waals surface area contributed by atoms with Gasteiger partial charge in [0.1, 0.15) is 11.4 Å². The molecule has 1 heterocycles. The van der Waals surface area contributed by atoms with E-state index in [9.17, 15) is 14.3 Å². The maximum Gasteiger partial charge on any atom is 0.319 e. The van der Waals surface area contributed by atoms with Crippen molar-refractivity contribution in [3.05, 3.63) is 30.1 Å². The number of carbonyl (C=O) groups is 1. The fraction of sp³-hybridized carbons (Fsp3) is 0.364. The molecule has 5 nitrogen and oxygen atoms in total. The lowest BCUT2D eigenvalue weighted by Crippen LogP contribution is -2.64. The lowest BCUT2D eigenvalue weighted by Gasteiger charge is -2.37. The molecule has 6 heteroatoms. The molecule has 17 heavy (non-hydrogen) atoms. The van der Waals surface area contributed by atoms with Crippen LogP contribution in [0.3, 0.4) is 0 Å². The largest absolute Gasteiger partial charge is 0.385 e. The molecule has 0 aromatic heterocycles. The first-order valence-electron chi connectivity index (χ1n) is 5.32. The Labute approximate surface area is 98.0 Å². The smallest absolute Gasteiger partial charge is 0.319 e. The number of hydrogen-bond donors (Lipinski definition) is 4. The Bertz CT molecular complexity index is 421. The van der Waals surface area contributed by atoms with E-state index in [4.69, 9.17) is 0 Å². The number of halogens is 1. The zero-order chi connectivity index (χ0) is 12.3. The van der Waals surface area contributed by atoms with Gasteiger partial charge in [-0.3, -0.25) is 0 Å². The average Bonchev–Trinajstić information content (AvgIpc) is 2.27. The van der Waals surface area contributed by atoms with Crippen LogP contribution < -0.4 is 16.0 Å². The maximum atomic E-state index is 13.2. The van der Waals surface area contributed by atoms with E-state index in [0.29, 0.717) is 13.1 Å². The van der Waals surface area contributed by atoms with Crippen molar-refractivity contribution in [2.24, 2.45) is 0 Å². The van der Waals surface area contributed by atoms with E-state index in [1.54, 1.807) is 12.1 Å². The number of rotatable bonds is 3. The minimum atomic E-state index is -0.882. The van der Waals surface area contributed by atoms with Gasteiger partial charge in [-0.05, 0) is 12.1 Å². The van der Waals surface area contributed by atoms with Crippen LogP contribution in [-0.4, -0.2) is 36.4 Å². The van der Waals surface area contributed by atoms with Crippen molar-refractivity contribution in [1.82, 2.24) is 10.6 Å². The molecule has 92 valence electrons. The van der Waals surface area contributed by atoms with Crippen molar-refractivity contribution < 1.29 is 14.3 Å². The molecule has 1 fully saturated rings. The first kappa shape index (κ1) is 11.8. The number of para-hydroxylation sites is 1. The standard InChI is InChI=1S/C11H14FN3O2/c12-8-3-1-2-4-9(8)15-10(16)14-7-11(17)5-13-6-11/h1-4,13,17H,5-7H2,(H2,14,15,16). The van der Waals surface area contributed by atoms with E-state index >= 15 is 0 Å². The second-order valence-corrected chi connectivity index (χ2v) is 4.12. The highest BCUT2D eigenvalue weighted by molar-refractivity contribution is 5.89. The average molecular weight is 239 g/mol. The zero-order valence-electron chi connectivity index (χ0n) is 9.16. The van der Waals surface area contributed by atoms with Gasteiger partial charge in [-0.1, -0.05) is 12.1 Å². The number of hydrogen-bond acceptors (Lipinski definition) is 3. The van der Waals surface area contributed by atoms with Gasteiger partial charge in [-0.2, -0.15) is 0 Å². The maximum absolute atomic E-state index is 13.2. The van der Waals surface area contributed by atoms with Gasteiger partial charge < -0.3 is 21.1 Å². The Kier molecular flexibility index (Phi) is 3.26. The van der Waals surface area contributed by atoms with Crippen LogP contribution in [0.25, 0.3) is 0 Å². The van der Waals surface area contributed by atoms with E-state index < -0.39 is 17.4 Å². The van der Waals surface area contributed by atoms with E-state index in [0.717, 1.165) is 0 Å². The highest BCUT2D eigenvalue weighted by Gasteiger charge is 2.34. The van der Waals surface area contributed by atoms with Crippen LogP contribution in [-0.2, 0) is 0 Å². The normalized spacial score (nSPS) is 17.1. The summed E-state index contributed by atoms with van der Waals surface area (Å²) in [4.78, 5) is 11.4. The lowest BCUT2D eigenvalue weighted by molar-refractivity contribution is -0.00575. The summed E-state index contributed by atoms with van der Waals surface area (Å²) in [7, 11) is 0. The summed E-state index contributed by atoms with van der Waals surface area (Å²) in [5.74, 6) is -0.494. The second kappa shape index (κ2) is 4.68. The predicted octanol–water partition coefficient (Wildman–Crippen LogP) is 0.281. The van der Waals surface area contributed by atoms with E-state index in [1.165, 1.54) is 12.1 Å². The predicted molar refractivity (Wildman–Crippen MR) is 61.2 cm³/mol. The zero-order valence-corrected chi connectivity index (χ0v) is 9.16. The monoisotopic (exact) mass is 239 g/mol.